The number of rotatable bonds is 4. The van der Waals surface area contributed by atoms with Crippen LogP contribution in [0, 0.1) is 20.4 Å². The maximum atomic E-state index is 13.2. The van der Waals surface area contributed by atoms with Crippen LogP contribution in [0.15, 0.2) is 57.2 Å². The molecule has 0 amide bonds. The maximum Gasteiger partial charge on any atom is 0.282 e. The van der Waals surface area contributed by atoms with Gasteiger partial charge in [-0.2, -0.15) is 0 Å². The van der Waals surface area contributed by atoms with E-state index in [1.54, 1.807) is 12.3 Å². The average Bonchev–Trinajstić information content (AvgIpc) is 2.69. The van der Waals surface area contributed by atoms with Gasteiger partial charge in [-0.3, -0.25) is 9.36 Å². The number of halogens is 1. The van der Waals surface area contributed by atoms with Gasteiger partial charge in [-0.05, 0) is 67.6 Å². The third kappa shape index (κ3) is 4.08. The van der Waals surface area contributed by atoms with Crippen LogP contribution in [0.3, 0.4) is 0 Å². The van der Waals surface area contributed by atoms with Crippen molar-refractivity contribution in [1.29, 1.82) is 0 Å². The lowest BCUT2D eigenvalue weighted by molar-refractivity contribution is 0.609. The zero-order valence-electron chi connectivity index (χ0n) is 15.8. The Bertz CT molecular complexity index is 1310. The molecule has 0 unspecified atom stereocenters. The largest absolute Gasteiger partial charge is 0.282 e. The molecule has 6 nitrogen and oxygen atoms in total. The van der Waals surface area contributed by atoms with E-state index in [1.807, 2.05) is 26.0 Å². The summed E-state index contributed by atoms with van der Waals surface area (Å²) in [5.74, 6) is 0.313. The highest BCUT2D eigenvalue weighted by atomic mass is 35.7. The summed E-state index contributed by atoms with van der Waals surface area (Å²) in [6.45, 7) is 11.3. The zero-order chi connectivity index (χ0) is 21.3. The standard InChI is InChI=1S/C20H16ClN3O3S2/c1-12-5-8-15(11-13(12)2)24-18(23-19(28-4)17(22-3)20(24)25)14-6-9-16(10-7-14)29(21,26)27/h5-11H,1-2,4H3. The summed E-state index contributed by atoms with van der Waals surface area (Å²) in [4.78, 5) is 21.1. The Morgan fingerprint density at radius 1 is 1.10 bits per heavy atom. The highest BCUT2D eigenvalue weighted by Crippen LogP contribution is 2.29. The fourth-order valence-corrected chi connectivity index (χ4v) is 4.07. The van der Waals surface area contributed by atoms with E-state index in [4.69, 9.17) is 17.3 Å². The van der Waals surface area contributed by atoms with Crippen LogP contribution in [0.4, 0.5) is 5.69 Å². The first-order valence-electron chi connectivity index (χ1n) is 8.38. The van der Waals surface area contributed by atoms with Crippen LogP contribution < -0.4 is 5.56 Å². The van der Waals surface area contributed by atoms with Gasteiger partial charge in [0, 0.05) is 21.9 Å². The Kier molecular flexibility index (Phi) is 5.85. The van der Waals surface area contributed by atoms with E-state index in [1.165, 1.54) is 40.6 Å². The summed E-state index contributed by atoms with van der Waals surface area (Å²) in [7, 11) is 1.53. The summed E-state index contributed by atoms with van der Waals surface area (Å²) in [6, 6.07) is 11.3. The van der Waals surface area contributed by atoms with Crippen molar-refractivity contribution < 1.29 is 8.42 Å². The van der Waals surface area contributed by atoms with Crippen molar-refractivity contribution in [2.45, 2.75) is 23.8 Å². The first-order valence-corrected chi connectivity index (χ1v) is 11.9. The van der Waals surface area contributed by atoms with Gasteiger partial charge in [-0.15, -0.1) is 11.8 Å². The van der Waals surface area contributed by atoms with Gasteiger partial charge in [0.2, 0.25) is 0 Å². The Hall–Kier alpha value is -2.60. The molecule has 0 N–H and O–H groups in total. The fraction of sp³-hybridized carbons (Fsp3) is 0.150. The molecule has 0 fully saturated rings. The summed E-state index contributed by atoms with van der Waals surface area (Å²) in [5, 5.41) is 0.314. The molecular formula is C20H16ClN3O3S2. The number of hydrogen-bond donors (Lipinski definition) is 0. The predicted octanol–water partition coefficient (Wildman–Crippen LogP) is 4.72. The molecule has 9 heteroatoms. The first kappa shape index (κ1) is 21.1. The van der Waals surface area contributed by atoms with E-state index in [-0.39, 0.29) is 10.6 Å². The molecular weight excluding hydrogens is 430 g/mol. The van der Waals surface area contributed by atoms with Gasteiger partial charge in [-0.25, -0.2) is 18.2 Å². The van der Waals surface area contributed by atoms with Crippen LogP contribution >= 0.6 is 22.4 Å². The van der Waals surface area contributed by atoms with Crippen LogP contribution in [0.1, 0.15) is 11.1 Å². The van der Waals surface area contributed by atoms with Gasteiger partial charge >= 0.3 is 0 Å². The quantitative estimate of drug-likeness (QED) is 0.251. The molecule has 0 spiro atoms. The molecule has 3 rings (SSSR count). The second-order valence-electron chi connectivity index (χ2n) is 6.28. The average molecular weight is 446 g/mol. The van der Waals surface area contributed by atoms with E-state index in [9.17, 15) is 13.2 Å². The van der Waals surface area contributed by atoms with E-state index >= 15 is 0 Å². The van der Waals surface area contributed by atoms with E-state index in [0.717, 1.165) is 11.1 Å². The molecule has 0 saturated carbocycles. The third-order valence-corrected chi connectivity index (χ3v) is 6.52. The SMILES string of the molecule is [C-]#[N+]c1c(SC)nc(-c2ccc(S(=O)(=O)Cl)cc2)n(-c2ccc(C)c(C)c2)c1=O. The summed E-state index contributed by atoms with van der Waals surface area (Å²) in [5.41, 5.74) is 2.62. The maximum absolute atomic E-state index is 13.2. The predicted molar refractivity (Wildman–Crippen MR) is 116 cm³/mol. The van der Waals surface area contributed by atoms with Crippen LogP contribution in [0.2, 0.25) is 0 Å². The second kappa shape index (κ2) is 8.03. The van der Waals surface area contributed by atoms with Gasteiger partial charge in [0.25, 0.3) is 20.3 Å². The number of thioether (sulfide) groups is 1. The Balaban J connectivity index is 2.36. The van der Waals surface area contributed by atoms with Gasteiger partial charge in [0.1, 0.15) is 10.9 Å². The molecule has 0 atom stereocenters. The van der Waals surface area contributed by atoms with Crippen molar-refractivity contribution in [1.82, 2.24) is 9.55 Å². The second-order valence-corrected chi connectivity index (χ2v) is 9.64. The molecule has 0 aliphatic carbocycles. The molecule has 29 heavy (non-hydrogen) atoms. The van der Waals surface area contributed by atoms with E-state index < -0.39 is 14.6 Å². The minimum Gasteiger partial charge on any atom is -0.282 e. The molecule has 1 heterocycles. The van der Waals surface area contributed by atoms with E-state index in [2.05, 4.69) is 9.83 Å². The summed E-state index contributed by atoms with van der Waals surface area (Å²) in [6.07, 6.45) is 1.74. The summed E-state index contributed by atoms with van der Waals surface area (Å²) < 4.78 is 24.4. The summed E-state index contributed by atoms with van der Waals surface area (Å²) >= 11 is 1.20. The lowest BCUT2D eigenvalue weighted by Gasteiger charge is -2.16. The smallest absolute Gasteiger partial charge is 0.282 e. The first-order chi connectivity index (χ1) is 13.7. The zero-order valence-corrected chi connectivity index (χ0v) is 18.2. The minimum atomic E-state index is -3.87. The van der Waals surface area contributed by atoms with Crippen molar-refractivity contribution in [3.8, 4) is 17.1 Å². The van der Waals surface area contributed by atoms with Crippen molar-refractivity contribution in [3.05, 3.63) is 75.4 Å². The number of aryl methyl sites for hydroxylation is 2. The minimum absolute atomic E-state index is 0.0501. The molecule has 0 saturated heterocycles. The Labute approximate surface area is 177 Å². The van der Waals surface area contributed by atoms with Gasteiger partial charge in [0.05, 0.1) is 11.5 Å². The number of hydrogen-bond acceptors (Lipinski definition) is 5. The molecule has 0 aliphatic rings. The molecule has 148 valence electrons. The number of nitrogens with zero attached hydrogens (tertiary/aromatic N) is 3. The lowest BCUT2D eigenvalue weighted by Crippen LogP contribution is -2.22. The Morgan fingerprint density at radius 2 is 1.76 bits per heavy atom. The lowest BCUT2D eigenvalue weighted by atomic mass is 10.1. The highest BCUT2D eigenvalue weighted by molar-refractivity contribution is 8.13. The monoisotopic (exact) mass is 445 g/mol. The van der Waals surface area contributed by atoms with Crippen molar-refractivity contribution in [3.63, 3.8) is 0 Å². The van der Waals surface area contributed by atoms with Crippen LogP contribution in [-0.4, -0.2) is 24.2 Å². The Morgan fingerprint density at radius 3 is 2.28 bits per heavy atom. The van der Waals surface area contributed by atoms with Crippen molar-refractivity contribution in [2.75, 3.05) is 6.26 Å². The molecule has 3 aromatic rings. The number of benzene rings is 2. The van der Waals surface area contributed by atoms with E-state index in [0.29, 0.717) is 22.1 Å². The molecule has 0 bridgehead atoms. The van der Waals surface area contributed by atoms with Crippen LogP contribution in [0.5, 0.6) is 0 Å². The third-order valence-electron chi connectivity index (χ3n) is 4.48. The normalized spacial score (nSPS) is 11.3. The fourth-order valence-electron chi connectivity index (χ4n) is 2.80. The van der Waals surface area contributed by atoms with Crippen LogP contribution in [0.25, 0.3) is 21.9 Å². The van der Waals surface area contributed by atoms with Gasteiger partial charge in [-0.1, -0.05) is 6.07 Å². The van der Waals surface area contributed by atoms with Crippen molar-refractivity contribution >= 4 is 37.2 Å². The van der Waals surface area contributed by atoms with Crippen LogP contribution in [-0.2, 0) is 9.05 Å². The topological polar surface area (TPSA) is 73.4 Å². The van der Waals surface area contributed by atoms with Gasteiger partial charge in [0.15, 0.2) is 0 Å². The van der Waals surface area contributed by atoms with Crippen molar-refractivity contribution in [2.24, 2.45) is 0 Å². The molecule has 1 aromatic heterocycles. The van der Waals surface area contributed by atoms with Gasteiger partial charge < -0.3 is 0 Å². The number of aromatic nitrogens is 2. The molecule has 2 aromatic carbocycles. The molecule has 0 aliphatic heterocycles. The highest BCUT2D eigenvalue weighted by Gasteiger charge is 2.20. The molecule has 0 radical (unpaired) electrons.